The molecule has 0 aromatic heterocycles. The number of hydrogen-bond donors (Lipinski definition) is 3. The van der Waals surface area contributed by atoms with Gasteiger partial charge in [0.25, 0.3) is 0 Å². The van der Waals surface area contributed by atoms with Crippen LogP contribution in [-0.2, 0) is 0 Å². The summed E-state index contributed by atoms with van der Waals surface area (Å²) >= 11 is 0. The van der Waals surface area contributed by atoms with E-state index in [4.69, 9.17) is 10.9 Å². The molecule has 0 radical (unpaired) electrons. The number of nitrogens with zero attached hydrogens (tertiary/aromatic N) is 1. The molecule has 4 heteroatoms. The second kappa shape index (κ2) is 4.57. The number of aromatic hydroxyl groups is 1. The Morgan fingerprint density at radius 3 is 1.82 bits per heavy atom. The summed E-state index contributed by atoms with van der Waals surface area (Å²) in [6.07, 6.45) is 0. The molecule has 86 valence electrons. The highest BCUT2D eigenvalue weighted by molar-refractivity contribution is 5.97. The average Bonchev–Trinajstić information content (AvgIpc) is 2.39. The third-order valence-electron chi connectivity index (χ3n) is 2.49. The molecular formula is C13H12N2O2. The van der Waals surface area contributed by atoms with Gasteiger partial charge < -0.3 is 16.0 Å². The summed E-state index contributed by atoms with van der Waals surface area (Å²) in [6.45, 7) is 0. The van der Waals surface area contributed by atoms with Crippen LogP contribution in [0.1, 0.15) is 5.56 Å². The Labute approximate surface area is 98.6 Å². The van der Waals surface area contributed by atoms with Crippen molar-refractivity contribution in [1.29, 1.82) is 0 Å². The summed E-state index contributed by atoms with van der Waals surface area (Å²) in [6, 6.07) is 14.2. The van der Waals surface area contributed by atoms with Crippen LogP contribution in [0, 0.1) is 0 Å². The van der Waals surface area contributed by atoms with Crippen LogP contribution in [0.4, 0.5) is 0 Å². The van der Waals surface area contributed by atoms with Gasteiger partial charge in [-0.25, -0.2) is 0 Å². The summed E-state index contributed by atoms with van der Waals surface area (Å²) in [4.78, 5) is 0. The monoisotopic (exact) mass is 228 g/mol. The van der Waals surface area contributed by atoms with E-state index in [1.54, 1.807) is 24.3 Å². The lowest BCUT2D eigenvalue weighted by atomic mass is 10.0. The highest BCUT2D eigenvalue weighted by Gasteiger charge is 2.01. The lowest BCUT2D eigenvalue weighted by Gasteiger charge is -2.03. The molecule has 0 aliphatic heterocycles. The molecule has 2 aromatic rings. The van der Waals surface area contributed by atoms with E-state index in [-0.39, 0.29) is 11.6 Å². The topological polar surface area (TPSA) is 78.8 Å². The Morgan fingerprint density at radius 2 is 1.35 bits per heavy atom. The van der Waals surface area contributed by atoms with Crippen LogP contribution in [0.15, 0.2) is 53.7 Å². The Morgan fingerprint density at radius 1 is 0.882 bits per heavy atom. The van der Waals surface area contributed by atoms with Gasteiger partial charge in [-0.2, -0.15) is 0 Å². The van der Waals surface area contributed by atoms with Crippen molar-refractivity contribution in [2.45, 2.75) is 0 Å². The molecule has 0 aliphatic carbocycles. The van der Waals surface area contributed by atoms with Gasteiger partial charge in [0.1, 0.15) is 5.75 Å². The highest BCUT2D eigenvalue weighted by Crippen LogP contribution is 2.22. The molecule has 0 atom stereocenters. The minimum atomic E-state index is 0.0854. The summed E-state index contributed by atoms with van der Waals surface area (Å²) < 4.78 is 0. The lowest BCUT2D eigenvalue weighted by Crippen LogP contribution is -2.12. The number of nitrogens with two attached hydrogens (primary N) is 1. The van der Waals surface area contributed by atoms with Crippen molar-refractivity contribution in [3.63, 3.8) is 0 Å². The maximum absolute atomic E-state index is 9.19. The predicted octanol–water partition coefficient (Wildman–Crippen LogP) is 2.15. The van der Waals surface area contributed by atoms with Gasteiger partial charge in [0.2, 0.25) is 0 Å². The van der Waals surface area contributed by atoms with E-state index in [0.29, 0.717) is 5.56 Å². The van der Waals surface area contributed by atoms with Crippen LogP contribution in [0.2, 0.25) is 0 Å². The molecule has 2 rings (SSSR count). The smallest absolute Gasteiger partial charge is 0.170 e. The van der Waals surface area contributed by atoms with Crippen molar-refractivity contribution >= 4 is 5.84 Å². The fourth-order valence-electron chi connectivity index (χ4n) is 1.55. The fraction of sp³-hybridized carbons (Fsp3) is 0. The Hall–Kier alpha value is -2.49. The van der Waals surface area contributed by atoms with E-state index in [9.17, 15) is 5.11 Å². The van der Waals surface area contributed by atoms with E-state index < -0.39 is 0 Å². The third kappa shape index (κ3) is 2.36. The summed E-state index contributed by atoms with van der Waals surface area (Å²) in [5, 5.41) is 20.7. The van der Waals surface area contributed by atoms with E-state index >= 15 is 0 Å². The van der Waals surface area contributed by atoms with Gasteiger partial charge in [-0.15, -0.1) is 0 Å². The molecule has 2 aromatic carbocycles. The number of hydrogen-bond acceptors (Lipinski definition) is 3. The second-order valence-electron chi connectivity index (χ2n) is 3.61. The van der Waals surface area contributed by atoms with Crippen molar-refractivity contribution in [3.8, 4) is 16.9 Å². The first-order valence-electron chi connectivity index (χ1n) is 5.08. The van der Waals surface area contributed by atoms with Crippen LogP contribution in [0.5, 0.6) is 5.75 Å². The first kappa shape index (κ1) is 11.0. The van der Waals surface area contributed by atoms with Gasteiger partial charge in [0.15, 0.2) is 5.84 Å². The molecule has 0 heterocycles. The van der Waals surface area contributed by atoms with Crippen molar-refractivity contribution in [1.82, 2.24) is 0 Å². The number of oxime groups is 1. The first-order chi connectivity index (χ1) is 8.20. The van der Waals surface area contributed by atoms with Gasteiger partial charge in [-0.05, 0) is 23.3 Å². The molecule has 0 amide bonds. The minimum absolute atomic E-state index is 0.0854. The normalized spacial score (nSPS) is 11.4. The zero-order valence-electron chi connectivity index (χ0n) is 9.04. The Balaban J connectivity index is 2.32. The quantitative estimate of drug-likeness (QED) is 0.319. The minimum Gasteiger partial charge on any atom is -0.508 e. The summed E-state index contributed by atoms with van der Waals surface area (Å²) in [5.41, 5.74) is 8.13. The van der Waals surface area contributed by atoms with Gasteiger partial charge in [-0.1, -0.05) is 41.6 Å². The van der Waals surface area contributed by atoms with E-state index in [0.717, 1.165) is 11.1 Å². The predicted molar refractivity (Wildman–Crippen MR) is 66.1 cm³/mol. The summed E-state index contributed by atoms with van der Waals surface area (Å²) in [5.74, 6) is 0.323. The molecule has 4 nitrogen and oxygen atoms in total. The SMILES string of the molecule is N/C(=N/O)c1ccc(-c2ccc(O)cc2)cc1. The number of benzene rings is 2. The van der Waals surface area contributed by atoms with E-state index in [2.05, 4.69) is 5.16 Å². The van der Waals surface area contributed by atoms with Crippen LogP contribution >= 0.6 is 0 Å². The maximum atomic E-state index is 9.19. The molecule has 0 aliphatic rings. The van der Waals surface area contributed by atoms with Gasteiger partial charge in [0.05, 0.1) is 0 Å². The molecule has 0 saturated heterocycles. The van der Waals surface area contributed by atoms with Crippen molar-refractivity contribution < 1.29 is 10.3 Å². The maximum Gasteiger partial charge on any atom is 0.170 e. The van der Waals surface area contributed by atoms with Crippen molar-refractivity contribution in [2.24, 2.45) is 10.9 Å². The molecule has 0 bridgehead atoms. The van der Waals surface area contributed by atoms with Crippen LogP contribution in [0.25, 0.3) is 11.1 Å². The van der Waals surface area contributed by atoms with Gasteiger partial charge in [-0.3, -0.25) is 0 Å². The molecule has 17 heavy (non-hydrogen) atoms. The largest absolute Gasteiger partial charge is 0.508 e. The van der Waals surface area contributed by atoms with Gasteiger partial charge in [0, 0.05) is 5.56 Å². The number of phenolic OH excluding ortho intramolecular Hbond substituents is 1. The number of rotatable bonds is 2. The molecule has 0 spiro atoms. The Kier molecular flexibility index (Phi) is 2.96. The fourth-order valence-corrected chi connectivity index (χ4v) is 1.55. The highest BCUT2D eigenvalue weighted by atomic mass is 16.4. The van der Waals surface area contributed by atoms with Gasteiger partial charge >= 0.3 is 0 Å². The summed E-state index contributed by atoms with van der Waals surface area (Å²) in [7, 11) is 0. The zero-order valence-corrected chi connectivity index (χ0v) is 9.04. The van der Waals surface area contributed by atoms with Crippen LogP contribution < -0.4 is 5.73 Å². The number of phenols is 1. The molecular weight excluding hydrogens is 216 g/mol. The zero-order chi connectivity index (χ0) is 12.3. The molecule has 0 unspecified atom stereocenters. The standard InChI is InChI=1S/C13H12N2O2/c14-13(15-17)11-3-1-9(2-4-11)10-5-7-12(16)8-6-10/h1-8,16-17H,(H2,14,15). The second-order valence-corrected chi connectivity index (χ2v) is 3.61. The molecule has 0 saturated carbocycles. The molecule has 4 N–H and O–H groups in total. The van der Waals surface area contributed by atoms with Crippen molar-refractivity contribution in [3.05, 3.63) is 54.1 Å². The van der Waals surface area contributed by atoms with Crippen LogP contribution in [-0.4, -0.2) is 16.1 Å². The Bertz CT molecular complexity index is 530. The number of amidine groups is 1. The van der Waals surface area contributed by atoms with E-state index in [1.807, 2.05) is 24.3 Å². The van der Waals surface area contributed by atoms with Crippen molar-refractivity contribution in [2.75, 3.05) is 0 Å². The lowest BCUT2D eigenvalue weighted by molar-refractivity contribution is 0.318. The van der Waals surface area contributed by atoms with Crippen LogP contribution in [0.3, 0.4) is 0 Å². The first-order valence-corrected chi connectivity index (χ1v) is 5.08. The van der Waals surface area contributed by atoms with E-state index in [1.165, 1.54) is 0 Å². The average molecular weight is 228 g/mol. The third-order valence-corrected chi connectivity index (χ3v) is 2.49. The molecule has 0 fully saturated rings.